The number of methoxy groups -OCH3 is 1. The molecule has 0 aliphatic rings. The molecule has 4 aromatic carbocycles. The van der Waals surface area contributed by atoms with Crippen molar-refractivity contribution >= 4 is 43.6 Å². The predicted molar refractivity (Wildman–Crippen MR) is 137 cm³/mol. The van der Waals surface area contributed by atoms with Crippen molar-refractivity contribution in [2.24, 2.45) is 5.10 Å². The molecule has 0 saturated carbocycles. The molecule has 0 atom stereocenters. The summed E-state index contributed by atoms with van der Waals surface area (Å²) in [6.45, 7) is 1.78. The van der Waals surface area contributed by atoms with E-state index in [-0.39, 0.29) is 16.3 Å². The summed E-state index contributed by atoms with van der Waals surface area (Å²) in [7, 11) is -2.70. The number of nitrogens with zero attached hydrogens (tertiary/aromatic N) is 2. The number of hydrazone groups is 1. The Balaban J connectivity index is 1.61. The van der Waals surface area contributed by atoms with Crippen LogP contribution in [-0.4, -0.2) is 26.2 Å². The van der Waals surface area contributed by atoms with Gasteiger partial charge in [-0.1, -0.05) is 48.5 Å². The van der Waals surface area contributed by atoms with E-state index in [2.05, 4.69) is 15.2 Å². The van der Waals surface area contributed by atoms with E-state index in [4.69, 9.17) is 4.74 Å². The fraction of sp³-hybridized carbons (Fsp3) is 0.0800. The molecule has 0 heterocycles. The van der Waals surface area contributed by atoms with E-state index in [1.54, 1.807) is 25.1 Å². The minimum atomic E-state index is -4.11. The van der Waals surface area contributed by atoms with Gasteiger partial charge in [0.05, 0.1) is 28.3 Å². The Labute approximate surface area is 202 Å². The number of rotatable bonds is 8. The van der Waals surface area contributed by atoms with Gasteiger partial charge in [-0.3, -0.25) is 20.3 Å². The standard InChI is InChI=1S/C25H22N4O5S/c1-17(19-12-11-18-7-3-4-8-20(18)15-19)26-27-22-14-13-21(16-24(22)29(30)31)35(32,33)28-23-9-5-6-10-25(23)34-2/h3-16,27-28H,1-2H3. The first kappa shape index (κ1) is 23.7. The summed E-state index contributed by atoms with van der Waals surface area (Å²) in [5.74, 6) is 0.322. The lowest BCUT2D eigenvalue weighted by atomic mass is 10.0. The molecule has 0 saturated heterocycles. The zero-order valence-electron chi connectivity index (χ0n) is 18.9. The summed E-state index contributed by atoms with van der Waals surface area (Å²) >= 11 is 0. The van der Waals surface area contributed by atoms with Gasteiger partial charge in [0.25, 0.3) is 15.7 Å². The SMILES string of the molecule is COc1ccccc1NS(=O)(=O)c1ccc(NN=C(C)c2ccc3ccccc3c2)c([N+](=O)[O-])c1. The molecule has 0 amide bonds. The van der Waals surface area contributed by atoms with Crippen molar-refractivity contribution in [1.29, 1.82) is 0 Å². The zero-order valence-corrected chi connectivity index (χ0v) is 19.7. The number of nitro benzene ring substituents is 1. The van der Waals surface area contributed by atoms with Crippen LogP contribution >= 0.6 is 0 Å². The number of para-hydroxylation sites is 2. The number of nitrogens with one attached hydrogen (secondary N) is 2. The first-order valence-electron chi connectivity index (χ1n) is 10.5. The molecule has 0 aliphatic carbocycles. The monoisotopic (exact) mass is 490 g/mol. The maximum atomic E-state index is 12.9. The van der Waals surface area contributed by atoms with Gasteiger partial charge in [0, 0.05) is 6.07 Å². The molecule has 2 N–H and O–H groups in total. The van der Waals surface area contributed by atoms with Gasteiger partial charge in [0.1, 0.15) is 11.4 Å². The molecule has 0 aliphatic heterocycles. The van der Waals surface area contributed by atoms with Gasteiger partial charge in [-0.25, -0.2) is 8.42 Å². The first-order valence-corrected chi connectivity index (χ1v) is 12.0. The number of benzene rings is 4. The molecule has 10 heteroatoms. The van der Waals surface area contributed by atoms with Gasteiger partial charge in [-0.05, 0) is 53.6 Å². The molecule has 0 bridgehead atoms. The number of anilines is 2. The van der Waals surface area contributed by atoms with Gasteiger partial charge in [0.2, 0.25) is 0 Å². The fourth-order valence-corrected chi connectivity index (χ4v) is 4.57. The maximum Gasteiger partial charge on any atom is 0.295 e. The van der Waals surface area contributed by atoms with Gasteiger partial charge in [-0.2, -0.15) is 5.10 Å². The number of hydrogen-bond acceptors (Lipinski definition) is 7. The fourth-order valence-electron chi connectivity index (χ4n) is 3.48. The summed E-state index contributed by atoms with van der Waals surface area (Å²) in [6.07, 6.45) is 0. The van der Waals surface area contributed by atoms with E-state index >= 15 is 0 Å². The van der Waals surface area contributed by atoms with E-state index in [9.17, 15) is 18.5 Å². The van der Waals surface area contributed by atoms with Crippen molar-refractivity contribution < 1.29 is 18.1 Å². The number of ether oxygens (including phenoxy) is 1. The Morgan fingerprint density at radius 2 is 1.63 bits per heavy atom. The molecule has 4 aromatic rings. The Bertz CT molecular complexity index is 1550. The highest BCUT2D eigenvalue weighted by atomic mass is 32.2. The summed E-state index contributed by atoms with van der Waals surface area (Å²) in [5.41, 5.74) is 4.01. The Kier molecular flexibility index (Phi) is 6.65. The number of fused-ring (bicyclic) bond motifs is 1. The molecular formula is C25H22N4O5S. The van der Waals surface area contributed by atoms with E-state index in [1.807, 2.05) is 42.5 Å². The van der Waals surface area contributed by atoms with Gasteiger partial charge in [-0.15, -0.1) is 0 Å². The van der Waals surface area contributed by atoms with Crippen molar-refractivity contribution in [3.05, 3.63) is 101 Å². The molecule has 9 nitrogen and oxygen atoms in total. The van der Waals surface area contributed by atoms with Crippen molar-refractivity contribution in [3.63, 3.8) is 0 Å². The van der Waals surface area contributed by atoms with E-state index < -0.39 is 20.6 Å². The maximum absolute atomic E-state index is 12.9. The summed E-state index contributed by atoms with van der Waals surface area (Å²) in [4.78, 5) is 10.8. The molecule has 0 unspecified atom stereocenters. The van der Waals surface area contributed by atoms with E-state index in [0.717, 1.165) is 22.4 Å². The highest BCUT2D eigenvalue weighted by Crippen LogP contribution is 2.31. The summed E-state index contributed by atoms with van der Waals surface area (Å²) in [5, 5.41) is 18.1. The Morgan fingerprint density at radius 3 is 2.37 bits per heavy atom. The van der Waals surface area contributed by atoms with E-state index in [1.165, 1.54) is 25.3 Å². The summed E-state index contributed by atoms with van der Waals surface area (Å²) < 4.78 is 33.3. The third-order valence-corrected chi connectivity index (χ3v) is 6.70. The van der Waals surface area contributed by atoms with Crippen LogP contribution in [0.5, 0.6) is 5.75 Å². The third kappa shape index (κ3) is 5.22. The molecule has 178 valence electrons. The molecule has 4 rings (SSSR count). The quantitative estimate of drug-likeness (QED) is 0.194. The smallest absolute Gasteiger partial charge is 0.295 e. The lowest BCUT2D eigenvalue weighted by Gasteiger charge is -2.12. The highest BCUT2D eigenvalue weighted by molar-refractivity contribution is 7.92. The van der Waals surface area contributed by atoms with E-state index in [0.29, 0.717) is 11.5 Å². The zero-order chi connectivity index (χ0) is 25.0. The van der Waals surface area contributed by atoms with Crippen LogP contribution in [0.1, 0.15) is 12.5 Å². The van der Waals surface area contributed by atoms with Crippen LogP contribution in [0.4, 0.5) is 17.1 Å². The summed E-state index contributed by atoms with van der Waals surface area (Å²) in [6, 6.07) is 23.8. The molecular weight excluding hydrogens is 468 g/mol. The molecule has 0 radical (unpaired) electrons. The van der Waals surface area contributed by atoms with Crippen molar-refractivity contribution in [1.82, 2.24) is 0 Å². The van der Waals surface area contributed by atoms with Crippen molar-refractivity contribution in [3.8, 4) is 5.75 Å². The second-order valence-corrected chi connectivity index (χ2v) is 9.30. The molecule has 0 fully saturated rings. The number of sulfonamides is 1. The van der Waals surface area contributed by atoms with Crippen LogP contribution in [0.3, 0.4) is 0 Å². The minimum Gasteiger partial charge on any atom is -0.495 e. The minimum absolute atomic E-state index is 0.0615. The van der Waals surface area contributed by atoms with Crippen LogP contribution in [-0.2, 0) is 10.0 Å². The van der Waals surface area contributed by atoms with Gasteiger partial charge in [0.15, 0.2) is 0 Å². The van der Waals surface area contributed by atoms with Crippen LogP contribution in [0.2, 0.25) is 0 Å². The third-order valence-electron chi connectivity index (χ3n) is 5.34. The Hall–Kier alpha value is -4.44. The second-order valence-electron chi connectivity index (χ2n) is 7.61. The predicted octanol–water partition coefficient (Wildman–Crippen LogP) is 5.39. The van der Waals surface area contributed by atoms with Crippen LogP contribution < -0.4 is 14.9 Å². The normalized spacial score (nSPS) is 11.8. The van der Waals surface area contributed by atoms with Gasteiger partial charge >= 0.3 is 0 Å². The average molecular weight is 491 g/mol. The molecule has 0 spiro atoms. The molecule has 35 heavy (non-hydrogen) atoms. The number of nitro groups is 1. The largest absolute Gasteiger partial charge is 0.495 e. The second kappa shape index (κ2) is 9.82. The molecule has 0 aromatic heterocycles. The Morgan fingerprint density at radius 1 is 0.914 bits per heavy atom. The van der Waals surface area contributed by atoms with Crippen LogP contribution in [0.25, 0.3) is 10.8 Å². The van der Waals surface area contributed by atoms with Crippen LogP contribution in [0.15, 0.2) is 94.9 Å². The van der Waals surface area contributed by atoms with Crippen molar-refractivity contribution in [2.75, 3.05) is 17.3 Å². The lowest BCUT2D eigenvalue weighted by molar-refractivity contribution is -0.384. The van der Waals surface area contributed by atoms with Crippen LogP contribution in [0, 0.1) is 10.1 Å². The first-order chi connectivity index (χ1) is 16.8. The highest BCUT2D eigenvalue weighted by Gasteiger charge is 2.22. The van der Waals surface area contributed by atoms with Gasteiger partial charge < -0.3 is 4.74 Å². The topological polar surface area (TPSA) is 123 Å². The lowest BCUT2D eigenvalue weighted by Crippen LogP contribution is -2.14. The number of hydrogen-bond donors (Lipinski definition) is 2. The van der Waals surface area contributed by atoms with Crippen molar-refractivity contribution in [2.45, 2.75) is 11.8 Å². The average Bonchev–Trinajstić information content (AvgIpc) is 2.86.